The Morgan fingerprint density at radius 1 is 1.38 bits per heavy atom. The van der Waals surface area contributed by atoms with E-state index in [1.165, 1.54) is 18.2 Å². The van der Waals surface area contributed by atoms with Gasteiger partial charge in [-0.05, 0) is 56.0 Å². The van der Waals surface area contributed by atoms with Crippen molar-refractivity contribution < 1.29 is 14.0 Å². The van der Waals surface area contributed by atoms with Crippen LogP contribution in [0.1, 0.15) is 26.2 Å². The molecule has 2 unspecified atom stereocenters. The minimum atomic E-state index is -0.415. The van der Waals surface area contributed by atoms with Crippen LogP contribution in [0, 0.1) is 17.7 Å². The summed E-state index contributed by atoms with van der Waals surface area (Å²) in [6.07, 6.45) is 2.70. The van der Waals surface area contributed by atoms with Crippen LogP contribution in [0.2, 0.25) is 0 Å². The van der Waals surface area contributed by atoms with E-state index in [1.54, 1.807) is 6.07 Å². The van der Waals surface area contributed by atoms with E-state index < -0.39 is 5.82 Å². The lowest BCUT2D eigenvalue weighted by molar-refractivity contribution is -0.125. The molecule has 1 aliphatic heterocycles. The third kappa shape index (κ3) is 6.84. The average molecular weight is 358 g/mol. The van der Waals surface area contributed by atoms with Gasteiger partial charge in [-0.1, -0.05) is 13.0 Å². The van der Waals surface area contributed by atoms with Gasteiger partial charge in [-0.15, -0.1) is 12.4 Å². The highest BCUT2D eigenvalue weighted by molar-refractivity contribution is 5.94. The Labute approximate surface area is 148 Å². The van der Waals surface area contributed by atoms with E-state index in [2.05, 4.69) is 22.9 Å². The smallest absolute Gasteiger partial charge is 0.243 e. The average Bonchev–Trinajstić information content (AvgIpc) is 2.54. The second-order valence-corrected chi connectivity index (χ2v) is 6.12. The molecule has 7 heteroatoms. The number of halogens is 2. The van der Waals surface area contributed by atoms with Crippen LogP contribution in [-0.4, -0.2) is 31.4 Å². The Bertz CT molecular complexity index is 550. The molecular formula is C17H25ClFN3O2. The number of amides is 2. The standard InChI is InChI=1S/C17H24FN3O2.ClH/c1-12(13-4-3-7-19-10-13)8-16(22)20-11-17(23)21-15-6-2-5-14(18)9-15;/h2,5-6,9,12-13,19H,3-4,7-8,10-11H2,1H3,(H,20,22)(H,21,23);1H. The second kappa shape index (κ2) is 10.3. The molecule has 5 nitrogen and oxygen atoms in total. The van der Waals surface area contributed by atoms with E-state index in [1.807, 2.05) is 0 Å². The van der Waals surface area contributed by atoms with Crippen LogP contribution in [0.5, 0.6) is 0 Å². The molecule has 1 aromatic rings. The molecule has 0 aliphatic carbocycles. The number of anilines is 1. The molecule has 2 rings (SSSR count). The first-order valence-electron chi connectivity index (χ1n) is 8.07. The molecule has 1 aromatic carbocycles. The Morgan fingerprint density at radius 3 is 2.83 bits per heavy atom. The van der Waals surface area contributed by atoms with Gasteiger partial charge in [0.1, 0.15) is 5.82 Å². The molecule has 1 aliphatic rings. The Balaban J connectivity index is 0.00000288. The van der Waals surface area contributed by atoms with Crippen molar-refractivity contribution in [2.24, 2.45) is 11.8 Å². The molecule has 3 N–H and O–H groups in total. The van der Waals surface area contributed by atoms with Gasteiger partial charge in [0.2, 0.25) is 11.8 Å². The van der Waals surface area contributed by atoms with Crippen molar-refractivity contribution in [1.29, 1.82) is 0 Å². The molecule has 1 heterocycles. The molecular weight excluding hydrogens is 333 g/mol. The lowest BCUT2D eigenvalue weighted by Crippen LogP contribution is -2.37. The van der Waals surface area contributed by atoms with Gasteiger partial charge in [0, 0.05) is 12.1 Å². The van der Waals surface area contributed by atoms with Gasteiger partial charge in [-0.3, -0.25) is 9.59 Å². The van der Waals surface area contributed by atoms with Crippen molar-refractivity contribution in [3.8, 4) is 0 Å². The van der Waals surface area contributed by atoms with E-state index in [0.29, 0.717) is 18.0 Å². The van der Waals surface area contributed by atoms with Gasteiger partial charge in [0.05, 0.1) is 6.54 Å². The number of carbonyl (C=O) groups is 2. The molecule has 0 radical (unpaired) electrons. The molecule has 134 valence electrons. The summed E-state index contributed by atoms with van der Waals surface area (Å²) in [5.41, 5.74) is 0.380. The zero-order valence-electron chi connectivity index (χ0n) is 13.8. The Kier molecular flexibility index (Phi) is 8.71. The number of hydrogen-bond acceptors (Lipinski definition) is 3. The lowest BCUT2D eigenvalue weighted by atomic mass is 9.85. The van der Waals surface area contributed by atoms with Crippen LogP contribution in [-0.2, 0) is 9.59 Å². The van der Waals surface area contributed by atoms with Crippen LogP contribution in [0.3, 0.4) is 0 Å². The first-order chi connectivity index (χ1) is 11.0. The van der Waals surface area contributed by atoms with Crippen LogP contribution in [0.4, 0.5) is 10.1 Å². The van der Waals surface area contributed by atoms with Gasteiger partial charge in [-0.25, -0.2) is 4.39 Å². The summed E-state index contributed by atoms with van der Waals surface area (Å²) < 4.78 is 13.0. The fourth-order valence-electron chi connectivity index (χ4n) is 2.85. The first-order valence-corrected chi connectivity index (χ1v) is 8.07. The molecule has 1 fully saturated rings. The van der Waals surface area contributed by atoms with E-state index >= 15 is 0 Å². The maximum absolute atomic E-state index is 13.0. The van der Waals surface area contributed by atoms with Crippen LogP contribution < -0.4 is 16.0 Å². The molecule has 0 spiro atoms. The zero-order valence-corrected chi connectivity index (χ0v) is 14.6. The summed E-state index contributed by atoms with van der Waals surface area (Å²) >= 11 is 0. The SMILES string of the molecule is CC(CC(=O)NCC(=O)Nc1cccc(F)c1)C1CCCNC1.Cl. The molecule has 1 saturated heterocycles. The summed E-state index contributed by atoms with van der Waals surface area (Å²) in [7, 11) is 0. The van der Waals surface area contributed by atoms with Crippen molar-refractivity contribution in [2.45, 2.75) is 26.2 Å². The van der Waals surface area contributed by atoms with Crippen molar-refractivity contribution in [3.63, 3.8) is 0 Å². The van der Waals surface area contributed by atoms with Crippen molar-refractivity contribution >= 4 is 29.9 Å². The molecule has 24 heavy (non-hydrogen) atoms. The quantitative estimate of drug-likeness (QED) is 0.731. The van der Waals surface area contributed by atoms with E-state index in [0.717, 1.165) is 25.9 Å². The van der Waals surface area contributed by atoms with E-state index in [9.17, 15) is 14.0 Å². The maximum Gasteiger partial charge on any atom is 0.243 e. The number of piperidine rings is 1. The highest BCUT2D eigenvalue weighted by Gasteiger charge is 2.22. The highest BCUT2D eigenvalue weighted by atomic mass is 35.5. The summed E-state index contributed by atoms with van der Waals surface area (Å²) in [4.78, 5) is 23.7. The predicted octanol–water partition coefficient (Wildman–Crippen LogP) is 2.33. The minimum Gasteiger partial charge on any atom is -0.347 e. The normalized spacial score (nSPS) is 18.2. The monoisotopic (exact) mass is 357 g/mol. The summed E-state index contributed by atoms with van der Waals surface area (Å²) in [6, 6.07) is 5.65. The molecule has 2 atom stereocenters. The lowest BCUT2D eigenvalue weighted by Gasteiger charge is -2.27. The molecule has 0 aromatic heterocycles. The van der Waals surface area contributed by atoms with Crippen LogP contribution >= 0.6 is 12.4 Å². The van der Waals surface area contributed by atoms with Gasteiger partial charge in [0.15, 0.2) is 0 Å². The fourth-order valence-corrected chi connectivity index (χ4v) is 2.85. The van der Waals surface area contributed by atoms with Crippen LogP contribution in [0.15, 0.2) is 24.3 Å². The zero-order chi connectivity index (χ0) is 16.7. The number of carbonyl (C=O) groups excluding carboxylic acids is 2. The second-order valence-electron chi connectivity index (χ2n) is 6.12. The molecule has 0 saturated carbocycles. The van der Waals surface area contributed by atoms with Crippen molar-refractivity contribution in [2.75, 3.05) is 25.0 Å². The number of rotatable bonds is 6. The largest absolute Gasteiger partial charge is 0.347 e. The van der Waals surface area contributed by atoms with Crippen molar-refractivity contribution in [1.82, 2.24) is 10.6 Å². The maximum atomic E-state index is 13.0. The van der Waals surface area contributed by atoms with E-state index in [-0.39, 0.29) is 36.7 Å². The van der Waals surface area contributed by atoms with Gasteiger partial charge >= 0.3 is 0 Å². The third-order valence-electron chi connectivity index (χ3n) is 4.20. The minimum absolute atomic E-state index is 0. The fraction of sp³-hybridized carbons (Fsp3) is 0.529. The topological polar surface area (TPSA) is 70.2 Å². The number of nitrogens with one attached hydrogen (secondary N) is 3. The van der Waals surface area contributed by atoms with Gasteiger partial charge in [0.25, 0.3) is 0 Å². The van der Waals surface area contributed by atoms with Gasteiger partial charge in [-0.2, -0.15) is 0 Å². The number of hydrogen-bond donors (Lipinski definition) is 3. The summed E-state index contributed by atoms with van der Waals surface area (Å²) in [5, 5.41) is 8.52. The Morgan fingerprint density at radius 2 is 2.17 bits per heavy atom. The summed E-state index contributed by atoms with van der Waals surface area (Å²) in [6.45, 7) is 3.97. The molecule has 0 bridgehead atoms. The van der Waals surface area contributed by atoms with Crippen molar-refractivity contribution in [3.05, 3.63) is 30.1 Å². The highest BCUT2D eigenvalue weighted by Crippen LogP contribution is 2.22. The number of benzene rings is 1. The Hall–Kier alpha value is -1.66. The first kappa shape index (κ1) is 20.4. The molecule has 2 amide bonds. The predicted molar refractivity (Wildman–Crippen MR) is 94.7 cm³/mol. The van der Waals surface area contributed by atoms with Crippen LogP contribution in [0.25, 0.3) is 0 Å². The summed E-state index contributed by atoms with van der Waals surface area (Å²) in [5.74, 6) is -0.111. The van der Waals surface area contributed by atoms with Gasteiger partial charge < -0.3 is 16.0 Å². The third-order valence-corrected chi connectivity index (χ3v) is 4.20. The van der Waals surface area contributed by atoms with E-state index in [4.69, 9.17) is 0 Å².